The second-order valence-electron chi connectivity index (χ2n) is 2.76. The summed E-state index contributed by atoms with van der Waals surface area (Å²) < 4.78 is 23.9. The second kappa shape index (κ2) is 4.59. The molecule has 0 amide bonds. The number of nitrogens with zero attached hydrogens (tertiary/aromatic N) is 1. The third kappa shape index (κ3) is 2.68. The van der Waals surface area contributed by atoms with Crippen LogP contribution in [0, 0.1) is 0 Å². The van der Waals surface area contributed by atoms with Crippen molar-refractivity contribution in [3.63, 3.8) is 0 Å². The van der Waals surface area contributed by atoms with Gasteiger partial charge in [0, 0.05) is 10.7 Å². The molecule has 0 aromatic carbocycles. The molecular weight excluding hydrogens is 290 g/mol. The van der Waals surface area contributed by atoms with Gasteiger partial charge in [0.05, 0.1) is 5.75 Å². The van der Waals surface area contributed by atoms with Crippen LogP contribution in [0.3, 0.4) is 0 Å². The van der Waals surface area contributed by atoms with Crippen molar-refractivity contribution in [3.8, 4) is 0 Å². The molecule has 0 radical (unpaired) electrons. The SMILES string of the molecule is CCCS(=O)(=O)c1cc(Br)cnc1Cl. The summed E-state index contributed by atoms with van der Waals surface area (Å²) in [6.45, 7) is 1.80. The molecule has 3 nitrogen and oxygen atoms in total. The molecule has 0 N–H and O–H groups in total. The maximum absolute atomic E-state index is 11.7. The van der Waals surface area contributed by atoms with E-state index in [1.54, 1.807) is 6.92 Å². The molecule has 0 unspecified atom stereocenters. The molecule has 1 rings (SSSR count). The first-order valence-corrected chi connectivity index (χ1v) is 6.83. The average molecular weight is 299 g/mol. The molecular formula is C8H9BrClNO2S. The van der Waals surface area contributed by atoms with E-state index in [9.17, 15) is 8.42 Å². The maximum Gasteiger partial charge on any atom is 0.181 e. The molecule has 1 aromatic rings. The number of aromatic nitrogens is 1. The first-order valence-electron chi connectivity index (χ1n) is 4.01. The molecule has 0 spiro atoms. The van der Waals surface area contributed by atoms with Gasteiger partial charge in [-0.3, -0.25) is 0 Å². The van der Waals surface area contributed by atoms with Crippen LogP contribution in [-0.2, 0) is 9.84 Å². The zero-order chi connectivity index (χ0) is 10.8. The Morgan fingerprint density at radius 1 is 1.57 bits per heavy atom. The number of sulfone groups is 1. The zero-order valence-electron chi connectivity index (χ0n) is 7.50. The van der Waals surface area contributed by atoms with Gasteiger partial charge in [0.25, 0.3) is 0 Å². The Balaban J connectivity index is 3.25. The van der Waals surface area contributed by atoms with Gasteiger partial charge in [-0.05, 0) is 28.4 Å². The van der Waals surface area contributed by atoms with E-state index in [1.807, 2.05) is 0 Å². The molecule has 0 fully saturated rings. The zero-order valence-corrected chi connectivity index (χ0v) is 10.7. The number of halogens is 2. The number of pyridine rings is 1. The van der Waals surface area contributed by atoms with Crippen molar-refractivity contribution >= 4 is 37.4 Å². The summed E-state index contributed by atoms with van der Waals surface area (Å²) in [6, 6.07) is 1.47. The predicted molar refractivity (Wildman–Crippen MR) is 59.3 cm³/mol. The fourth-order valence-electron chi connectivity index (χ4n) is 1.00. The third-order valence-electron chi connectivity index (χ3n) is 1.58. The number of rotatable bonds is 3. The molecule has 14 heavy (non-hydrogen) atoms. The lowest BCUT2D eigenvalue weighted by molar-refractivity contribution is 0.594. The molecule has 0 aliphatic rings. The van der Waals surface area contributed by atoms with Gasteiger partial charge in [0.2, 0.25) is 0 Å². The molecule has 0 saturated heterocycles. The lowest BCUT2D eigenvalue weighted by Gasteiger charge is -2.04. The highest BCUT2D eigenvalue weighted by Crippen LogP contribution is 2.23. The van der Waals surface area contributed by atoms with Crippen LogP contribution in [0.1, 0.15) is 13.3 Å². The minimum atomic E-state index is -3.29. The van der Waals surface area contributed by atoms with Crippen LogP contribution in [0.2, 0.25) is 5.15 Å². The molecule has 1 aromatic heterocycles. The van der Waals surface area contributed by atoms with E-state index in [2.05, 4.69) is 20.9 Å². The van der Waals surface area contributed by atoms with Gasteiger partial charge in [-0.2, -0.15) is 0 Å². The maximum atomic E-state index is 11.7. The standard InChI is InChI=1S/C8H9BrClNO2S/c1-2-3-14(12,13)7-4-6(9)5-11-8(7)10/h4-5H,2-3H2,1H3. The molecule has 0 saturated carbocycles. The highest BCUT2D eigenvalue weighted by Gasteiger charge is 2.18. The predicted octanol–water partition coefficient (Wildman–Crippen LogP) is 2.68. The summed E-state index contributed by atoms with van der Waals surface area (Å²) in [5.41, 5.74) is 0. The van der Waals surface area contributed by atoms with Gasteiger partial charge in [0.1, 0.15) is 10.0 Å². The van der Waals surface area contributed by atoms with E-state index < -0.39 is 9.84 Å². The lowest BCUT2D eigenvalue weighted by Crippen LogP contribution is -2.07. The Bertz CT molecular complexity index is 433. The van der Waals surface area contributed by atoms with Gasteiger partial charge in [-0.1, -0.05) is 18.5 Å². The molecule has 0 bridgehead atoms. The van der Waals surface area contributed by atoms with Crippen molar-refractivity contribution in [2.45, 2.75) is 18.2 Å². The van der Waals surface area contributed by atoms with Gasteiger partial charge in [-0.15, -0.1) is 0 Å². The van der Waals surface area contributed by atoms with Gasteiger partial charge < -0.3 is 0 Å². The Kier molecular flexibility index (Phi) is 3.92. The summed E-state index contributed by atoms with van der Waals surface area (Å²) in [4.78, 5) is 3.86. The van der Waals surface area contributed by atoms with E-state index in [0.717, 1.165) is 0 Å². The molecule has 78 valence electrons. The average Bonchev–Trinajstić information content (AvgIpc) is 2.09. The van der Waals surface area contributed by atoms with Gasteiger partial charge in [-0.25, -0.2) is 13.4 Å². The summed E-state index contributed by atoms with van der Waals surface area (Å²) in [6.07, 6.45) is 2.03. The topological polar surface area (TPSA) is 47.0 Å². The van der Waals surface area contributed by atoms with Crippen LogP contribution >= 0.6 is 27.5 Å². The van der Waals surface area contributed by atoms with Crippen molar-refractivity contribution in [1.82, 2.24) is 4.98 Å². The first-order chi connectivity index (χ1) is 6.47. The van der Waals surface area contributed by atoms with Crippen LogP contribution < -0.4 is 0 Å². The number of hydrogen-bond acceptors (Lipinski definition) is 3. The Morgan fingerprint density at radius 3 is 2.79 bits per heavy atom. The molecule has 0 aliphatic heterocycles. The molecule has 6 heteroatoms. The van der Waals surface area contributed by atoms with E-state index in [4.69, 9.17) is 11.6 Å². The normalized spacial score (nSPS) is 11.6. The van der Waals surface area contributed by atoms with Crippen molar-refractivity contribution in [2.24, 2.45) is 0 Å². The van der Waals surface area contributed by atoms with Crippen LogP contribution in [-0.4, -0.2) is 19.2 Å². The van der Waals surface area contributed by atoms with Crippen LogP contribution in [0.15, 0.2) is 21.6 Å². The minimum Gasteiger partial charge on any atom is -0.242 e. The van der Waals surface area contributed by atoms with Crippen molar-refractivity contribution in [3.05, 3.63) is 21.9 Å². The van der Waals surface area contributed by atoms with Crippen LogP contribution in [0.5, 0.6) is 0 Å². The van der Waals surface area contributed by atoms with Crippen LogP contribution in [0.4, 0.5) is 0 Å². The fourth-order valence-corrected chi connectivity index (χ4v) is 3.31. The fraction of sp³-hybridized carbons (Fsp3) is 0.375. The minimum absolute atomic E-state index is 0.0293. The van der Waals surface area contributed by atoms with E-state index in [-0.39, 0.29) is 15.8 Å². The Hall–Kier alpha value is -0.130. The van der Waals surface area contributed by atoms with Gasteiger partial charge >= 0.3 is 0 Å². The summed E-state index contributed by atoms with van der Waals surface area (Å²) >= 11 is 8.86. The Morgan fingerprint density at radius 2 is 2.21 bits per heavy atom. The molecule has 1 heterocycles. The van der Waals surface area contributed by atoms with E-state index in [1.165, 1.54) is 12.3 Å². The quantitative estimate of drug-likeness (QED) is 0.806. The Labute approximate surface area is 96.5 Å². The van der Waals surface area contributed by atoms with Gasteiger partial charge in [0.15, 0.2) is 9.84 Å². The number of hydrogen-bond donors (Lipinski definition) is 0. The van der Waals surface area contributed by atoms with Crippen molar-refractivity contribution < 1.29 is 8.42 Å². The van der Waals surface area contributed by atoms with Crippen molar-refractivity contribution in [1.29, 1.82) is 0 Å². The second-order valence-corrected chi connectivity index (χ2v) is 6.11. The summed E-state index contributed by atoms with van der Waals surface area (Å²) in [5, 5.41) is 0.0293. The molecule has 0 aliphatic carbocycles. The highest BCUT2D eigenvalue weighted by molar-refractivity contribution is 9.10. The third-order valence-corrected chi connectivity index (χ3v) is 4.36. The highest BCUT2D eigenvalue weighted by atomic mass is 79.9. The van der Waals surface area contributed by atoms with E-state index >= 15 is 0 Å². The van der Waals surface area contributed by atoms with E-state index in [0.29, 0.717) is 10.9 Å². The van der Waals surface area contributed by atoms with Crippen LogP contribution in [0.25, 0.3) is 0 Å². The summed E-state index contributed by atoms with van der Waals surface area (Å²) in [5.74, 6) is 0.0881. The largest absolute Gasteiger partial charge is 0.242 e. The van der Waals surface area contributed by atoms with Crippen molar-refractivity contribution in [2.75, 3.05) is 5.75 Å². The first kappa shape index (κ1) is 11.9. The molecule has 0 atom stereocenters. The lowest BCUT2D eigenvalue weighted by atomic mass is 10.5. The smallest absolute Gasteiger partial charge is 0.181 e. The summed E-state index contributed by atoms with van der Waals surface area (Å²) in [7, 11) is -3.29. The monoisotopic (exact) mass is 297 g/mol.